The lowest BCUT2D eigenvalue weighted by molar-refractivity contribution is 0.396. The number of aromatic nitrogens is 4. The molecule has 3 aromatic rings. The van der Waals surface area contributed by atoms with Crippen LogP contribution in [-0.2, 0) is 6.54 Å². The Hall–Kier alpha value is -3.40. The van der Waals surface area contributed by atoms with E-state index in [1.54, 1.807) is 13.3 Å². The van der Waals surface area contributed by atoms with Crippen LogP contribution in [0.15, 0.2) is 49.2 Å². The van der Waals surface area contributed by atoms with Gasteiger partial charge in [0.05, 0.1) is 12.8 Å². The molecule has 1 unspecified atom stereocenters. The Morgan fingerprint density at radius 1 is 1.18 bits per heavy atom. The van der Waals surface area contributed by atoms with E-state index in [2.05, 4.69) is 30.5 Å². The number of imidazole rings is 1. The van der Waals surface area contributed by atoms with E-state index in [0.717, 1.165) is 44.0 Å². The monoisotopic (exact) mass is 374 g/mol. The molecule has 3 aromatic heterocycles. The van der Waals surface area contributed by atoms with Crippen molar-refractivity contribution in [3.8, 4) is 11.9 Å². The number of ether oxygens (including phenoxy) is 1. The van der Waals surface area contributed by atoms with Gasteiger partial charge in [0, 0.05) is 56.5 Å². The van der Waals surface area contributed by atoms with E-state index in [1.165, 1.54) is 5.56 Å². The summed E-state index contributed by atoms with van der Waals surface area (Å²) in [5, 5.41) is 9.60. The molecular formula is C21H22N6O. The minimum Gasteiger partial charge on any atom is -0.480 e. The van der Waals surface area contributed by atoms with Gasteiger partial charge in [0.25, 0.3) is 0 Å². The van der Waals surface area contributed by atoms with Gasteiger partial charge >= 0.3 is 0 Å². The Morgan fingerprint density at radius 2 is 2.04 bits per heavy atom. The predicted octanol–water partition coefficient (Wildman–Crippen LogP) is 2.99. The van der Waals surface area contributed by atoms with Crippen LogP contribution >= 0.6 is 0 Å². The molecule has 0 bridgehead atoms. The van der Waals surface area contributed by atoms with Gasteiger partial charge in [-0.15, -0.1) is 0 Å². The van der Waals surface area contributed by atoms with E-state index in [9.17, 15) is 5.26 Å². The molecule has 0 aromatic carbocycles. The molecule has 0 amide bonds. The number of piperidine rings is 1. The van der Waals surface area contributed by atoms with E-state index >= 15 is 0 Å². The predicted molar refractivity (Wildman–Crippen MR) is 105 cm³/mol. The first-order valence-electron chi connectivity index (χ1n) is 9.38. The fourth-order valence-electron chi connectivity index (χ4n) is 3.86. The van der Waals surface area contributed by atoms with Gasteiger partial charge in [-0.05, 0) is 36.6 Å². The molecule has 1 fully saturated rings. The first kappa shape index (κ1) is 18.0. The van der Waals surface area contributed by atoms with Crippen molar-refractivity contribution >= 4 is 5.69 Å². The third-order valence-electron chi connectivity index (χ3n) is 5.18. The third kappa shape index (κ3) is 3.54. The number of hydrogen-bond donors (Lipinski definition) is 0. The average Bonchev–Trinajstić information content (AvgIpc) is 3.22. The number of nitriles is 1. The van der Waals surface area contributed by atoms with Crippen LogP contribution in [0.25, 0.3) is 0 Å². The number of methoxy groups -OCH3 is 1. The quantitative estimate of drug-likeness (QED) is 0.683. The summed E-state index contributed by atoms with van der Waals surface area (Å²) in [6.07, 6.45) is 11.3. The van der Waals surface area contributed by atoms with Crippen molar-refractivity contribution in [1.29, 1.82) is 5.26 Å². The maximum atomic E-state index is 9.60. The first-order valence-corrected chi connectivity index (χ1v) is 9.38. The number of pyridine rings is 2. The molecule has 0 N–H and O–H groups in total. The molecular weight excluding hydrogens is 352 g/mol. The zero-order chi connectivity index (χ0) is 19.3. The molecule has 1 atom stereocenters. The highest BCUT2D eigenvalue weighted by atomic mass is 16.5. The van der Waals surface area contributed by atoms with Gasteiger partial charge in [0.1, 0.15) is 17.5 Å². The fourth-order valence-corrected chi connectivity index (χ4v) is 3.86. The lowest BCUT2D eigenvalue weighted by Gasteiger charge is -2.34. The van der Waals surface area contributed by atoms with Gasteiger partial charge in [0.2, 0.25) is 5.88 Å². The summed E-state index contributed by atoms with van der Waals surface area (Å²) >= 11 is 0. The topological polar surface area (TPSA) is 79.9 Å². The second-order valence-corrected chi connectivity index (χ2v) is 6.88. The van der Waals surface area contributed by atoms with Gasteiger partial charge in [-0.2, -0.15) is 5.26 Å². The van der Waals surface area contributed by atoms with Gasteiger partial charge in [0.15, 0.2) is 0 Å². The van der Waals surface area contributed by atoms with Crippen LogP contribution in [0.4, 0.5) is 5.69 Å². The maximum Gasteiger partial charge on any atom is 0.233 e. The Bertz CT molecular complexity index is 978. The highest BCUT2D eigenvalue weighted by molar-refractivity contribution is 5.63. The summed E-state index contributed by atoms with van der Waals surface area (Å²) in [5.74, 6) is 1.76. The standard InChI is InChI=1S/C21H22N6O/c1-28-21-18(13-22)19(6-9-25-21)26-11-2-3-17(15-26)20-24-10-12-27(20)14-16-4-7-23-8-5-16/h4-10,12,17H,2-3,11,14-15H2,1H3. The van der Waals surface area contributed by atoms with Crippen LogP contribution in [0.5, 0.6) is 5.88 Å². The van der Waals surface area contributed by atoms with Crippen LogP contribution in [-0.4, -0.2) is 39.7 Å². The first-order chi connectivity index (χ1) is 13.8. The van der Waals surface area contributed by atoms with E-state index in [1.807, 2.05) is 43.0 Å². The van der Waals surface area contributed by atoms with Gasteiger partial charge in [-0.3, -0.25) is 4.98 Å². The van der Waals surface area contributed by atoms with Crippen molar-refractivity contribution < 1.29 is 4.74 Å². The van der Waals surface area contributed by atoms with Crippen molar-refractivity contribution in [3.05, 3.63) is 66.1 Å². The second kappa shape index (κ2) is 8.09. The number of anilines is 1. The summed E-state index contributed by atoms with van der Waals surface area (Å²) in [6, 6.07) is 8.20. The lowest BCUT2D eigenvalue weighted by Crippen LogP contribution is -2.36. The fraction of sp³-hybridized carbons (Fsp3) is 0.333. The Morgan fingerprint density at radius 3 is 2.82 bits per heavy atom. The minimum absolute atomic E-state index is 0.302. The van der Waals surface area contributed by atoms with E-state index in [4.69, 9.17) is 4.74 Å². The van der Waals surface area contributed by atoms with Crippen LogP contribution in [0.3, 0.4) is 0 Å². The van der Waals surface area contributed by atoms with Crippen molar-refractivity contribution in [2.45, 2.75) is 25.3 Å². The molecule has 28 heavy (non-hydrogen) atoms. The van der Waals surface area contributed by atoms with Gasteiger partial charge < -0.3 is 14.2 Å². The number of hydrogen-bond acceptors (Lipinski definition) is 6. The zero-order valence-electron chi connectivity index (χ0n) is 15.8. The second-order valence-electron chi connectivity index (χ2n) is 6.88. The third-order valence-corrected chi connectivity index (χ3v) is 5.18. The molecule has 7 nitrogen and oxygen atoms in total. The van der Waals surface area contributed by atoms with E-state index < -0.39 is 0 Å². The van der Waals surface area contributed by atoms with E-state index in [-0.39, 0.29) is 0 Å². The van der Waals surface area contributed by atoms with Crippen molar-refractivity contribution in [1.82, 2.24) is 19.5 Å². The molecule has 1 aliphatic rings. The van der Waals surface area contributed by atoms with E-state index in [0.29, 0.717) is 17.4 Å². The van der Waals surface area contributed by atoms with Gasteiger partial charge in [-0.1, -0.05) is 0 Å². The van der Waals surface area contributed by atoms with Crippen LogP contribution in [0, 0.1) is 11.3 Å². The Labute approximate surface area is 164 Å². The highest BCUT2D eigenvalue weighted by Crippen LogP contribution is 2.33. The number of rotatable bonds is 5. The molecule has 7 heteroatoms. The van der Waals surface area contributed by atoms with Crippen molar-refractivity contribution in [2.24, 2.45) is 0 Å². The van der Waals surface area contributed by atoms with Crippen LogP contribution < -0.4 is 9.64 Å². The zero-order valence-corrected chi connectivity index (χ0v) is 15.8. The molecule has 0 saturated carbocycles. The summed E-state index contributed by atoms with van der Waals surface area (Å²) in [5.41, 5.74) is 2.57. The molecule has 4 heterocycles. The lowest BCUT2D eigenvalue weighted by atomic mass is 9.96. The van der Waals surface area contributed by atoms with Crippen molar-refractivity contribution in [2.75, 3.05) is 25.1 Å². The smallest absolute Gasteiger partial charge is 0.233 e. The highest BCUT2D eigenvalue weighted by Gasteiger charge is 2.27. The molecule has 0 aliphatic carbocycles. The summed E-state index contributed by atoms with van der Waals surface area (Å²) in [4.78, 5) is 15.2. The van der Waals surface area contributed by atoms with Crippen LogP contribution in [0.1, 0.15) is 35.7 Å². The SMILES string of the molecule is COc1nccc(N2CCCC(c3nccn3Cc3ccncc3)C2)c1C#N. The molecule has 4 rings (SSSR count). The van der Waals surface area contributed by atoms with Crippen molar-refractivity contribution in [3.63, 3.8) is 0 Å². The summed E-state index contributed by atoms with van der Waals surface area (Å²) in [7, 11) is 1.54. The average molecular weight is 374 g/mol. The number of nitrogens with zero attached hydrogens (tertiary/aromatic N) is 6. The Kier molecular flexibility index (Phi) is 5.20. The Balaban J connectivity index is 1.58. The molecule has 1 aliphatic heterocycles. The molecule has 0 spiro atoms. The summed E-state index contributed by atoms with van der Waals surface area (Å²) < 4.78 is 7.48. The molecule has 142 valence electrons. The minimum atomic E-state index is 0.302. The maximum absolute atomic E-state index is 9.60. The molecule has 1 saturated heterocycles. The normalized spacial score (nSPS) is 16.6. The van der Waals surface area contributed by atoms with Crippen LogP contribution in [0.2, 0.25) is 0 Å². The van der Waals surface area contributed by atoms with Gasteiger partial charge in [-0.25, -0.2) is 9.97 Å². The largest absolute Gasteiger partial charge is 0.480 e. The summed E-state index contributed by atoms with van der Waals surface area (Å²) in [6.45, 7) is 2.50. The molecule has 0 radical (unpaired) electrons.